The molecular weight excluding hydrogens is 594 g/mol. The van der Waals surface area contributed by atoms with Crippen LogP contribution in [0.15, 0.2) is 42.7 Å². The number of amides is 2. The number of carbonyl (C=O) groups is 2. The fourth-order valence-electron chi connectivity index (χ4n) is 6.94. The van der Waals surface area contributed by atoms with Crippen molar-refractivity contribution < 1.29 is 9.59 Å². The Balaban J connectivity index is 1.15. The number of anilines is 1. The number of benzene rings is 1. The van der Waals surface area contributed by atoms with Crippen LogP contribution in [0.5, 0.6) is 0 Å². The molecule has 228 valence electrons. The van der Waals surface area contributed by atoms with Crippen LogP contribution in [0.3, 0.4) is 0 Å². The Kier molecular flexibility index (Phi) is 8.22. The minimum Gasteiger partial charge on any atom is -0.349 e. The lowest BCUT2D eigenvalue weighted by Crippen LogP contribution is -2.45. The number of piperidine rings is 1. The third kappa shape index (κ3) is 5.78. The molecule has 1 aromatic carbocycles. The van der Waals surface area contributed by atoms with E-state index >= 15 is 0 Å². The van der Waals surface area contributed by atoms with Crippen LogP contribution in [0.4, 0.5) is 5.13 Å². The second kappa shape index (κ2) is 12.4. The lowest BCUT2D eigenvalue weighted by molar-refractivity contribution is -0.114. The highest BCUT2D eigenvalue weighted by Crippen LogP contribution is 2.44. The molecule has 44 heavy (non-hydrogen) atoms. The highest BCUT2D eigenvalue weighted by Gasteiger charge is 2.31. The van der Waals surface area contributed by atoms with Gasteiger partial charge in [0.25, 0.3) is 5.91 Å². The summed E-state index contributed by atoms with van der Waals surface area (Å²) in [5, 5.41) is 12.2. The minimum absolute atomic E-state index is 0.0943. The highest BCUT2D eigenvalue weighted by molar-refractivity contribution is 7.19. The van der Waals surface area contributed by atoms with E-state index in [1.165, 1.54) is 50.6 Å². The summed E-state index contributed by atoms with van der Waals surface area (Å²) in [4.78, 5) is 37.7. The number of likely N-dealkylation sites (tertiary alicyclic amines) is 1. The molecule has 0 unspecified atom stereocenters. The van der Waals surface area contributed by atoms with E-state index in [4.69, 9.17) is 21.7 Å². The van der Waals surface area contributed by atoms with Gasteiger partial charge in [-0.25, -0.2) is 9.67 Å². The van der Waals surface area contributed by atoms with Gasteiger partial charge < -0.3 is 15.5 Å². The van der Waals surface area contributed by atoms with Gasteiger partial charge in [-0.05, 0) is 94.8 Å². The van der Waals surface area contributed by atoms with Crippen molar-refractivity contribution in [3.05, 3.63) is 64.6 Å². The molecule has 7 rings (SSSR count). The van der Waals surface area contributed by atoms with Gasteiger partial charge in [-0.1, -0.05) is 29.4 Å². The number of nitrogens with zero attached hydrogens (tertiary/aromatic N) is 5. The topological polar surface area (TPSA) is 105 Å². The second-order valence-electron chi connectivity index (χ2n) is 12.0. The fourth-order valence-corrected chi connectivity index (χ4v) is 8.32. The summed E-state index contributed by atoms with van der Waals surface area (Å²) in [6.07, 6.45) is 13.3. The first-order chi connectivity index (χ1) is 21.4. The quantitative estimate of drug-likeness (QED) is 0.260. The Morgan fingerprint density at radius 3 is 2.59 bits per heavy atom. The second-order valence-corrected chi connectivity index (χ2v) is 13.5. The van der Waals surface area contributed by atoms with Gasteiger partial charge in [0.15, 0.2) is 5.13 Å². The number of nitrogens with one attached hydrogen (secondary N) is 2. The van der Waals surface area contributed by atoms with Gasteiger partial charge in [-0.2, -0.15) is 5.10 Å². The molecule has 2 aliphatic carbocycles. The summed E-state index contributed by atoms with van der Waals surface area (Å²) < 4.78 is 1.86. The molecule has 2 fully saturated rings. The molecule has 0 radical (unpaired) electrons. The van der Waals surface area contributed by atoms with E-state index in [-0.39, 0.29) is 17.9 Å². The number of aromatic nitrogens is 4. The van der Waals surface area contributed by atoms with Crippen LogP contribution >= 0.6 is 22.9 Å². The average Bonchev–Trinajstić information content (AvgIpc) is 3.63. The molecule has 0 atom stereocenters. The number of aryl methyl sites for hydroxylation is 1. The zero-order chi connectivity index (χ0) is 30.2. The molecule has 9 nitrogen and oxygen atoms in total. The average molecular weight is 630 g/mol. The van der Waals surface area contributed by atoms with Crippen molar-refractivity contribution in [2.45, 2.75) is 76.8 Å². The van der Waals surface area contributed by atoms with Gasteiger partial charge in [-0.15, -0.1) is 0 Å². The molecule has 1 aliphatic heterocycles. The normalized spacial score (nSPS) is 20.0. The highest BCUT2D eigenvalue weighted by atomic mass is 35.5. The smallest absolute Gasteiger partial charge is 0.251 e. The zero-order valence-corrected chi connectivity index (χ0v) is 26.4. The molecule has 1 saturated carbocycles. The van der Waals surface area contributed by atoms with Crippen LogP contribution in [0.25, 0.3) is 27.5 Å². The lowest BCUT2D eigenvalue weighted by atomic mass is 9.89. The standard InChI is InChI=1S/C33H36ClN7O2S/c1-20(42)36-33-38-27-13-12-25-29(22-6-5-15-35-19-22)39-41(30(25)31(27)44-33)28-14-7-21(18-26(28)34)32(43)37-23-8-10-24(11-9-23)40-16-3-2-4-17-40/h5-7,14-15,18-19,23-24H,2-4,8-13,16-17H2,1H3,(H,37,43)(H,36,38,42)/t23-,24-. The number of carbonyl (C=O) groups excluding carboxylic acids is 2. The summed E-state index contributed by atoms with van der Waals surface area (Å²) in [5.41, 5.74) is 5.89. The van der Waals surface area contributed by atoms with Crippen molar-refractivity contribution >= 4 is 39.9 Å². The number of pyridine rings is 1. The maximum atomic E-state index is 13.3. The zero-order valence-electron chi connectivity index (χ0n) is 24.8. The van der Waals surface area contributed by atoms with Crippen molar-refractivity contribution in [2.75, 3.05) is 18.4 Å². The van der Waals surface area contributed by atoms with Crippen molar-refractivity contribution in [1.82, 2.24) is 30.0 Å². The molecule has 0 spiro atoms. The predicted molar refractivity (Wildman–Crippen MR) is 174 cm³/mol. The number of halogens is 1. The van der Waals surface area contributed by atoms with Crippen LogP contribution < -0.4 is 10.6 Å². The van der Waals surface area contributed by atoms with Crippen LogP contribution in [-0.4, -0.2) is 61.6 Å². The summed E-state index contributed by atoms with van der Waals surface area (Å²) in [7, 11) is 0. The molecule has 4 heterocycles. The van der Waals surface area contributed by atoms with Gasteiger partial charge in [-0.3, -0.25) is 14.6 Å². The van der Waals surface area contributed by atoms with E-state index in [9.17, 15) is 9.59 Å². The summed E-state index contributed by atoms with van der Waals surface area (Å²) in [6, 6.07) is 10.2. The molecule has 4 aromatic rings. The Labute approximate surface area is 266 Å². The van der Waals surface area contributed by atoms with Crippen molar-refractivity contribution in [3.63, 3.8) is 0 Å². The summed E-state index contributed by atoms with van der Waals surface area (Å²) in [6.45, 7) is 3.92. The number of thiazole rings is 1. The van der Waals surface area contributed by atoms with E-state index in [1.54, 1.807) is 12.3 Å². The summed E-state index contributed by atoms with van der Waals surface area (Å²) in [5.74, 6) is -0.254. The summed E-state index contributed by atoms with van der Waals surface area (Å²) >= 11 is 8.36. The lowest BCUT2D eigenvalue weighted by Gasteiger charge is -2.39. The van der Waals surface area contributed by atoms with Crippen molar-refractivity contribution in [2.24, 2.45) is 0 Å². The maximum absolute atomic E-state index is 13.3. The first-order valence-corrected chi connectivity index (χ1v) is 16.8. The SMILES string of the molecule is CC(=O)Nc1nc2c(s1)-c1c(c(-c3cccnc3)nn1-c1ccc(C(=O)N[C@H]3CC[C@H](N4CCCCC4)CC3)cc1Cl)CC2. The van der Waals surface area contributed by atoms with Crippen molar-refractivity contribution in [1.29, 1.82) is 0 Å². The number of hydrogen-bond donors (Lipinski definition) is 2. The number of rotatable bonds is 6. The number of fused-ring (bicyclic) bond motifs is 3. The van der Waals surface area contributed by atoms with Gasteiger partial charge in [0.05, 0.1) is 32.7 Å². The van der Waals surface area contributed by atoms with Gasteiger partial charge in [0, 0.05) is 48.1 Å². The van der Waals surface area contributed by atoms with Gasteiger partial charge >= 0.3 is 0 Å². The molecular formula is C33H36ClN7O2S. The molecule has 3 aliphatic rings. The van der Waals surface area contributed by atoms with E-state index in [2.05, 4.69) is 20.5 Å². The van der Waals surface area contributed by atoms with E-state index < -0.39 is 0 Å². The van der Waals surface area contributed by atoms with Crippen LogP contribution in [0.1, 0.15) is 73.5 Å². The minimum atomic E-state index is -0.159. The first kappa shape index (κ1) is 29.1. The van der Waals surface area contributed by atoms with Crippen LogP contribution in [-0.2, 0) is 17.6 Å². The molecule has 2 amide bonds. The Hall–Kier alpha value is -3.60. The fraction of sp³-hybridized carbons (Fsp3) is 0.424. The third-order valence-corrected chi connectivity index (χ3v) is 10.4. The van der Waals surface area contributed by atoms with E-state index in [0.717, 1.165) is 71.6 Å². The van der Waals surface area contributed by atoms with E-state index in [1.807, 2.05) is 35.1 Å². The van der Waals surface area contributed by atoms with Crippen LogP contribution in [0.2, 0.25) is 5.02 Å². The molecule has 1 saturated heterocycles. The molecule has 0 bridgehead atoms. The third-order valence-electron chi connectivity index (χ3n) is 9.10. The Bertz CT molecular complexity index is 1690. The molecule has 11 heteroatoms. The van der Waals surface area contributed by atoms with Crippen LogP contribution in [0, 0.1) is 0 Å². The molecule has 3 aromatic heterocycles. The monoisotopic (exact) mass is 629 g/mol. The molecule has 2 N–H and O–H groups in total. The van der Waals surface area contributed by atoms with E-state index in [0.29, 0.717) is 27.4 Å². The Morgan fingerprint density at radius 1 is 1.05 bits per heavy atom. The van der Waals surface area contributed by atoms with Gasteiger partial charge in [0.2, 0.25) is 5.91 Å². The number of hydrogen-bond acceptors (Lipinski definition) is 7. The van der Waals surface area contributed by atoms with Crippen molar-refractivity contribution in [3.8, 4) is 27.5 Å². The first-order valence-electron chi connectivity index (χ1n) is 15.6. The van der Waals surface area contributed by atoms with Gasteiger partial charge in [0.1, 0.15) is 0 Å². The maximum Gasteiger partial charge on any atom is 0.251 e. The predicted octanol–water partition coefficient (Wildman–Crippen LogP) is 6.30. The largest absolute Gasteiger partial charge is 0.349 e. The Morgan fingerprint density at radius 2 is 1.86 bits per heavy atom.